The van der Waals surface area contributed by atoms with Gasteiger partial charge in [0.25, 0.3) is 0 Å². The van der Waals surface area contributed by atoms with Gasteiger partial charge in [0.15, 0.2) is 5.78 Å². The molecule has 3 rings (SSSR count). The molecule has 2 aromatic rings. The van der Waals surface area contributed by atoms with E-state index in [2.05, 4.69) is 17.5 Å². The predicted molar refractivity (Wildman–Crippen MR) is 64.7 cm³/mol. The van der Waals surface area contributed by atoms with Crippen LogP contribution in [-0.4, -0.2) is 5.78 Å². The van der Waals surface area contributed by atoms with E-state index < -0.39 is 0 Å². The van der Waals surface area contributed by atoms with Crippen molar-refractivity contribution in [3.8, 4) is 9.75 Å². The van der Waals surface area contributed by atoms with E-state index in [1.807, 2.05) is 12.1 Å². The first-order valence-corrected chi connectivity index (χ1v) is 6.72. The lowest BCUT2D eigenvalue weighted by Gasteiger charge is -1.91. The fraction of sp³-hybridized carbons (Fsp3) is 0.250. The van der Waals surface area contributed by atoms with E-state index in [1.165, 1.54) is 9.75 Å². The summed E-state index contributed by atoms with van der Waals surface area (Å²) in [7, 11) is 0. The maximum Gasteiger partial charge on any atom is 0.175 e. The molecule has 0 bridgehead atoms. The van der Waals surface area contributed by atoms with Crippen LogP contribution in [0.5, 0.6) is 0 Å². The summed E-state index contributed by atoms with van der Waals surface area (Å²) < 4.78 is 0. The minimum Gasteiger partial charge on any atom is -0.293 e. The van der Waals surface area contributed by atoms with Crippen LogP contribution in [0, 0.1) is 5.92 Å². The van der Waals surface area contributed by atoms with Crippen LogP contribution in [0.1, 0.15) is 22.5 Å². The molecule has 0 radical (unpaired) electrons. The van der Waals surface area contributed by atoms with Gasteiger partial charge in [0.1, 0.15) is 0 Å². The number of rotatable bonds is 3. The average molecular weight is 234 g/mol. The number of ketones is 1. The Labute approximate surface area is 96.4 Å². The van der Waals surface area contributed by atoms with Crippen molar-refractivity contribution in [1.82, 2.24) is 0 Å². The van der Waals surface area contributed by atoms with E-state index >= 15 is 0 Å². The molecule has 3 heteroatoms. The summed E-state index contributed by atoms with van der Waals surface area (Å²) in [5.41, 5.74) is 0. The average Bonchev–Trinajstić information content (AvgIpc) is 2.80. The molecule has 0 atom stereocenters. The third-order valence-electron chi connectivity index (χ3n) is 2.56. The maximum atomic E-state index is 11.8. The first-order chi connectivity index (χ1) is 7.34. The highest BCUT2D eigenvalue weighted by atomic mass is 32.1. The number of Topliss-reactive ketones (excluding diaryl/α,β-unsaturated/α-hetero) is 1. The fourth-order valence-electron chi connectivity index (χ4n) is 1.57. The van der Waals surface area contributed by atoms with Crippen LogP contribution < -0.4 is 0 Å². The van der Waals surface area contributed by atoms with Crippen LogP contribution in [0.4, 0.5) is 0 Å². The van der Waals surface area contributed by atoms with Gasteiger partial charge in [-0.3, -0.25) is 4.79 Å². The summed E-state index contributed by atoms with van der Waals surface area (Å²) in [4.78, 5) is 15.2. The maximum absolute atomic E-state index is 11.8. The van der Waals surface area contributed by atoms with Crippen molar-refractivity contribution in [3.05, 3.63) is 34.5 Å². The molecule has 1 fully saturated rings. The van der Waals surface area contributed by atoms with Crippen LogP contribution in [0.25, 0.3) is 9.75 Å². The second-order valence-electron chi connectivity index (χ2n) is 3.78. The molecule has 0 spiro atoms. The Morgan fingerprint density at radius 2 is 2.07 bits per heavy atom. The summed E-state index contributed by atoms with van der Waals surface area (Å²) in [6.45, 7) is 0. The highest BCUT2D eigenvalue weighted by Crippen LogP contribution is 2.37. The van der Waals surface area contributed by atoms with Crippen molar-refractivity contribution >= 4 is 28.5 Å². The second kappa shape index (κ2) is 3.58. The molecule has 1 saturated carbocycles. The van der Waals surface area contributed by atoms with Gasteiger partial charge in [-0.25, -0.2) is 0 Å². The van der Waals surface area contributed by atoms with Crippen molar-refractivity contribution in [2.24, 2.45) is 5.92 Å². The number of thiophene rings is 2. The van der Waals surface area contributed by atoms with Gasteiger partial charge in [0, 0.05) is 15.7 Å². The summed E-state index contributed by atoms with van der Waals surface area (Å²) >= 11 is 3.35. The SMILES string of the molecule is O=C(c1ccc(-c2cccs2)s1)C1CC1. The molecule has 2 aromatic heterocycles. The molecule has 1 aliphatic carbocycles. The van der Waals surface area contributed by atoms with Crippen molar-refractivity contribution in [2.75, 3.05) is 0 Å². The highest BCUT2D eigenvalue weighted by Gasteiger charge is 2.31. The van der Waals surface area contributed by atoms with Crippen LogP contribution in [0.15, 0.2) is 29.6 Å². The molecular weight excluding hydrogens is 224 g/mol. The number of carbonyl (C=O) groups excluding carboxylic acids is 1. The molecule has 0 aliphatic heterocycles. The molecule has 1 nitrogen and oxygen atoms in total. The molecule has 0 aromatic carbocycles. The molecule has 2 heterocycles. The van der Waals surface area contributed by atoms with Gasteiger partial charge >= 0.3 is 0 Å². The lowest BCUT2D eigenvalue weighted by molar-refractivity contribution is 0.0971. The Balaban J connectivity index is 1.90. The van der Waals surface area contributed by atoms with Crippen molar-refractivity contribution in [2.45, 2.75) is 12.8 Å². The topological polar surface area (TPSA) is 17.1 Å². The molecule has 76 valence electrons. The van der Waals surface area contributed by atoms with Gasteiger partial charge < -0.3 is 0 Å². The van der Waals surface area contributed by atoms with E-state index in [0.717, 1.165) is 17.7 Å². The lowest BCUT2D eigenvalue weighted by atomic mass is 10.2. The van der Waals surface area contributed by atoms with Crippen molar-refractivity contribution < 1.29 is 4.79 Å². The zero-order valence-electron chi connectivity index (χ0n) is 8.10. The monoisotopic (exact) mass is 234 g/mol. The van der Waals surface area contributed by atoms with Crippen LogP contribution in [0.3, 0.4) is 0 Å². The standard InChI is InChI=1S/C12H10OS2/c13-12(8-3-4-8)11-6-5-10(15-11)9-2-1-7-14-9/h1-2,5-8H,3-4H2. The quantitative estimate of drug-likeness (QED) is 0.732. The van der Waals surface area contributed by atoms with E-state index in [1.54, 1.807) is 22.7 Å². The zero-order chi connectivity index (χ0) is 10.3. The summed E-state index contributed by atoms with van der Waals surface area (Å²) in [6, 6.07) is 8.18. The third kappa shape index (κ3) is 1.77. The molecule has 15 heavy (non-hydrogen) atoms. The highest BCUT2D eigenvalue weighted by molar-refractivity contribution is 7.22. The van der Waals surface area contributed by atoms with Gasteiger partial charge in [-0.05, 0) is 36.4 Å². The third-order valence-corrected chi connectivity index (χ3v) is 4.73. The van der Waals surface area contributed by atoms with E-state index in [9.17, 15) is 4.79 Å². The van der Waals surface area contributed by atoms with Gasteiger partial charge in [-0.1, -0.05) is 6.07 Å². The first-order valence-electron chi connectivity index (χ1n) is 5.02. The number of hydrogen-bond donors (Lipinski definition) is 0. The molecule has 0 amide bonds. The Morgan fingerprint density at radius 3 is 2.73 bits per heavy atom. The minimum atomic E-state index is 0.333. The van der Waals surface area contributed by atoms with Crippen molar-refractivity contribution in [3.63, 3.8) is 0 Å². The van der Waals surface area contributed by atoms with Gasteiger partial charge in [-0.15, -0.1) is 22.7 Å². The minimum absolute atomic E-state index is 0.333. The lowest BCUT2D eigenvalue weighted by Crippen LogP contribution is -1.96. The molecule has 0 unspecified atom stereocenters. The Kier molecular flexibility index (Phi) is 2.22. The van der Waals surface area contributed by atoms with E-state index in [-0.39, 0.29) is 0 Å². The molecule has 1 aliphatic rings. The zero-order valence-corrected chi connectivity index (χ0v) is 9.74. The predicted octanol–water partition coefficient (Wildman–Crippen LogP) is 4.07. The summed E-state index contributed by atoms with van der Waals surface area (Å²) in [5.74, 6) is 0.683. The number of hydrogen-bond acceptors (Lipinski definition) is 3. The molecular formula is C12H10OS2. The van der Waals surface area contributed by atoms with Crippen LogP contribution in [0.2, 0.25) is 0 Å². The van der Waals surface area contributed by atoms with E-state index in [4.69, 9.17) is 0 Å². The van der Waals surface area contributed by atoms with Crippen molar-refractivity contribution in [1.29, 1.82) is 0 Å². The fourth-order valence-corrected chi connectivity index (χ4v) is 3.43. The van der Waals surface area contributed by atoms with Crippen LogP contribution in [-0.2, 0) is 0 Å². The largest absolute Gasteiger partial charge is 0.293 e. The smallest absolute Gasteiger partial charge is 0.175 e. The van der Waals surface area contributed by atoms with E-state index in [0.29, 0.717) is 11.7 Å². The van der Waals surface area contributed by atoms with Gasteiger partial charge in [-0.2, -0.15) is 0 Å². The summed E-state index contributed by atoms with van der Waals surface area (Å²) in [5, 5.41) is 2.07. The first kappa shape index (κ1) is 9.31. The summed E-state index contributed by atoms with van der Waals surface area (Å²) in [6.07, 6.45) is 2.18. The Morgan fingerprint density at radius 1 is 1.20 bits per heavy atom. The van der Waals surface area contributed by atoms with Gasteiger partial charge in [0.05, 0.1) is 4.88 Å². The Hall–Kier alpha value is -0.930. The Bertz CT molecular complexity index is 477. The molecule has 0 saturated heterocycles. The second-order valence-corrected chi connectivity index (χ2v) is 5.81. The van der Waals surface area contributed by atoms with Crippen LogP contribution >= 0.6 is 22.7 Å². The van der Waals surface area contributed by atoms with Gasteiger partial charge in [0.2, 0.25) is 0 Å². The normalized spacial score (nSPS) is 15.5. The number of carbonyl (C=O) groups is 1. The molecule has 0 N–H and O–H groups in total.